The van der Waals surface area contributed by atoms with E-state index >= 15 is 0 Å². The van der Waals surface area contributed by atoms with Crippen LogP contribution in [0.4, 0.5) is 11.6 Å². The van der Waals surface area contributed by atoms with Crippen LogP contribution in [-0.4, -0.2) is 82.9 Å². The molecule has 8 rings (SSSR count). The molecule has 0 saturated heterocycles. The number of rotatable bonds is 5. The molecule has 268 valence electrons. The molecule has 0 radical (unpaired) electrons. The molecule has 4 aromatic heterocycles. The smallest absolute Gasteiger partial charge is 0.320 e. The second kappa shape index (κ2) is 14.0. The molecule has 0 atom stereocenters. The Morgan fingerprint density at radius 3 is 2.37 bits per heavy atom. The molecule has 52 heavy (non-hydrogen) atoms. The summed E-state index contributed by atoms with van der Waals surface area (Å²) in [5, 5.41) is 24.9. The van der Waals surface area contributed by atoms with Gasteiger partial charge in [0.1, 0.15) is 30.5 Å². The van der Waals surface area contributed by atoms with Crippen molar-refractivity contribution >= 4 is 34.0 Å². The lowest BCUT2D eigenvalue weighted by atomic mass is 10.0. The third-order valence-electron chi connectivity index (χ3n) is 8.72. The molecule has 17 heteroatoms. The summed E-state index contributed by atoms with van der Waals surface area (Å²) in [7, 11) is 1.67. The highest BCUT2D eigenvalue weighted by Crippen LogP contribution is 2.32. The molecule has 0 unspecified atom stereocenters. The molecule has 0 spiro atoms. The van der Waals surface area contributed by atoms with Crippen molar-refractivity contribution in [3.63, 3.8) is 0 Å². The predicted octanol–water partition coefficient (Wildman–Crippen LogP) is 3.95. The van der Waals surface area contributed by atoms with Crippen molar-refractivity contribution < 1.29 is 33.9 Å². The number of aryl methyl sites for hydroxylation is 1. The molecule has 2 aromatic carbocycles. The lowest BCUT2D eigenvalue weighted by Gasteiger charge is -2.15. The molecule has 0 amide bonds. The number of ether oxygens (including phenoxy) is 5. The molecule has 8 bridgehead atoms. The monoisotopic (exact) mass is 708 g/mol. The van der Waals surface area contributed by atoms with Gasteiger partial charge >= 0.3 is 12.0 Å². The van der Waals surface area contributed by atoms with Crippen LogP contribution in [0.5, 0.6) is 41.3 Å². The molecule has 0 fully saturated rings. The topological polar surface area (TPSA) is 212 Å². The number of nitrogen functional groups attached to an aromatic ring is 1. The van der Waals surface area contributed by atoms with Gasteiger partial charge in [0.25, 0.3) is 12.0 Å². The Bertz CT molecular complexity index is 2300. The van der Waals surface area contributed by atoms with Gasteiger partial charge in [-0.3, -0.25) is 9.13 Å². The second-order valence-electron chi connectivity index (χ2n) is 12.3. The summed E-state index contributed by atoms with van der Waals surface area (Å²) in [4.78, 5) is 26.4. The number of nitrogens with one attached hydrogen (secondary N) is 1. The number of nitrogens with zero attached hydrogens (tertiary/aromatic N) is 8. The number of benzene rings is 2. The van der Waals surface area contributed by atoms with Gasteiger partial charge in [0, 0.05) is 6.07 Å². The molecule has 2 aliphatic heterocycles. The Labute approximate surface area is 296 Å². The molecule has 6 heterocycles. The molecular weight excluding hydrogens is 672 g/mol. The quantitative estimate of drug-likeness (QED) is 0.148. The van der Waals surface area contributed by atoms with E-state index in [1.807, 2.05) is 24.3 Å². The zero-order valence-electron chi connectivity index (χ0n) is 28.3. The number of hydrogen-bond acceptors (Lipinski definition) is 15. The van der Waals surface area contributed by atoms with E-state index in [0.717, 1.165) is 48.1 Å². The van der Waals surface area contributed by atoms with Gasteiger partial charge in [-0.05, 0) is 72.7 Å². The minimum Gasteiger partial charge on any atom is -0.496 e. The number of fused-ring (bicyclic) bond motifs is 6. The van der Waals surface area contributed by atoms with E-state index < -0.39 is 0 Å². The van der Waals surface area contributed by atoms with E-state index in [0.29, 0.717) is 47.3 Å². The van der Waals surface area contributed by atoms with Crippen LogP contribution in [0.3, 0.4) is 0 Å². The first kappa shape index (κ1) is 32.7. The highest BCUT2D eigenvalue weighted by Gasteiger charge is 2.21. The van der Waals surface area contributed by atoms with Gasteiger partial charge in [0.05, 0.1) is 26.8 Å². The first-order chi connectivity index (χ1) is 25.4. The predicted molar refractivity (Wildman–Crippen MR) is 188 cm³/mol. The van der Waals surface area contributed by atoms with Gasteiger partial charge in [0.2, 0.25) is 0 Å². The van der Waals surface area contributed by atoms with Crippen LogP contribution in [0.1, 0.15) is 36.0 Å². The second-order valence-corrected chi connectivity index (χ2v) is 12.3. The Hall–Kier alpha value is -6.52. The molecule has 0 saturated carbocycles. The van der Waals surface area contributed by atoms with E-state index in [2.05, 4.69) is 41.3 Å². The maximum Gasteiger partial charge on any atom is 0.320 e. The van der Waals surface area contributed by atoms with Gasteiger partial charge in [0.15, 0.2) is 40.7 Å². The largest absolute Gasteiger partial charge is 0.496 e. The summed E-state index contributed by atoms with van der Waals surface area (Å²) in [6.45, 7) is 1.33. The van der Waals surface area contributed by atoms with Crippen molar-refractivity contribution in [1.82, 2.24) is 39.0 Å². The average molecular weight is 709 g/mol. The fourth-order valence-electron chi connectivity index (χ4n) is 6.23. The fourth-order valence-corrected chi connectivity index (χ4v) is 6.23. The third-order valence-corrected chi connectivity index (χ3v) is 8.72. The van der Waals surface area contributed by atoms with E-state index in [1.54, 1.807) is 29.9 Å². The number of aromatic hydroxyl groups is 2. The summed E-state index contributed by atoms with van der Waals surface area (Å²) >= 11 is 0. The summed E-state index contributed by atoms with van der Waals surface area (Å²) in [5.74, 6) is 2.26. The van der Waals surface area contributed by atoms with E-state index in [4.69, 9.17) is 29.4 Å². The third kappa shape index (κ3) is 6.67. The number of anilines is 2. The summed E-state index contributed by atoms with van der Waals surface area (Å²) in [6, 6.07) is 11.1. The number of aromatic nitrogens is 8. The summed E-state index contributed by atoms with van der Waals surface area (Å²) in [5.41, 5.74) is 10.2. The highest BCUT2D eigenvalue weighted by molar-refractivity contribution is 5.85. The van der Waals surface area contributed by atoms with Gasteiger partial charge < -0.3 is 44.9 Å². The van der Waals surface area contributed by atoms with Crippen LogP contribution in [0, 0.1) is 0 Å². The number of imidazole rings is 2. The van der Waals surface area contributed by atoms with Crippen molar-refractivity contribution in [3.8, 4) is 41.3 Å². The fraction of sp³-hybridized carbons (Fsp3) is 0.314. The number of methoxy groups -OCH3 is 1. The standard InChI is InChI=1S/C35H36N10O7/c1-48-25-9-8-20-13-22(25)7-3-2-4-11-51-33-41-29(27-31(43-33)44(17-20)35(47)39-27)37-19-52-24-15-21-14-23(16-24)49-10-5-6-12-50-32-40-28(36)26-30(42-32)45(18-21)34(46)38-26/h5-6,8-9,13-16H,2-4,7,10-12,17-19H2,1H3,(H,38,46)(H,39,47)(H2,36,40,42)(H,37,41,43)/b6-5-. The highest BCUT2D eigenvalue weighted by atomic mass is 16.5. The van der Waals surface area contributed by atoms with E-state index in [1.165, 1.54) is 4.57 Å². The van der Waals surface area contributed by atoms with Gasteiger partial charge in [-0.15, -0.1) is 0 Å². The van der Waals surface area contributed by atoms with Crippen LogP contribution < -0.4 is 34.7 Å². The summed E-state index contributed by atoms with van der Waals surface area (Å²) in [6.07, 6.45) is 7.21. The van der Waals surface area contributed by atoms with Crippen LogP contribution in [0.2, 0.25) is 0 Å². The van der Waals surface area contributed by atoms with Gasteiger partial charge in [-0.2, -0.15) is 29.9 Å². The molecule has 0 aliphatic carbocycles. The van der Waals surface area contributed by atoms with Gasteiger partial charge in [-0.25, -0.2) is 0 Å². The molecular formula is C35H36N10O7. The number of hydrogen-bond donors (Lipinski definition) is 4. The minimum atomic E-state index is -0.284. The zero-order valence-corrected chi connectivity index (χ0v) is 28.3. The first-order valence-corrected chi connectivity index (χ1v) is 16.8. The van der Waals surface area contributed by atoms with Crippen LogP contribution in [-0.2, 0) is 19.5 Å². The van der Waals surface area contributed by atoms with Crippen molar-refractivity contribution in [1.29, 1.82) is 0 Å². The van der Waals surface area contributed by atoms with E-state index in [9.17, 15) is 10.2 Å². The summed E-state index contributed by atoms with van der Waals surface area (Å²) < 4.78 is 32.5. The average Bonchev–Trinajstić information content (AvgIpc) is 3.62. The van der Waals surface area contributed by atoms with Crippen molar-refractivity contribution in [2.75, 3.05) is 44.7 Å². The maximum atomic E-state index is 11.0. The Balaban J connectivity index is 1.08. The Morgan fingerprint density at radius 1 is 0.788 bits per heavy atom. The van der Waals surface area contributed by atoms with Crippen LogP contribution in [0.15, 0.2) is 48.6 Å². The maximum absolute atomic E-state index is 11.0. The lowest BCUT2D eigenvalue weighted by molar-refractivity contribution is 0.282. The van der Waals surface area contributed by atoms with E-state index in [-0.39, 0.29) is 61.9 Å². The molecule has 2 aliphatic rings. The normalized spacial score (nSPS) is 15.2. The zero-order chi connectivity index (χ0) is 35.6. The SMILES string of the molecule is COc1ccc2cc1CCCCCOc1nc(NCOc3cc4cc(c3)OC/C=C\COc3nc(N)c5nc(O)n(c5n3)C4)c3nc(O)n(c3n1)C2. The van der Waals surface area contributed by atoms with Crippen LogP contribution >= 0.6 is 0 Å². The minimum absolute atomic E-state index is 0.0342. The Morgan fingerprint density at radius 2 is 1.54 bits per heavy atom. The van der Waals surface area contributed by atoms with Gasteiger partial charge in [-0.1, -0.05) is 12.1 Å². The molecule has 17 nitrogen and oxygen atoms in total. The van der Waals surface area contributed by atoms with Crippen molar-refractivity contribution in [3.05, 3.63) is 65.2 Å². The Kier molecular flexibility index (Phi) is 8.80. The van der Waals surface area contributed by atoms with Crippen molar-refractivity contribution in [2.24, 2.45) is 0 Å². The number of nitrogens with two attached hydrogens (primary N) is 1. The lowest BCUT2D eigenvalue weighted by Crippen LogP contribution is -2.13. The van der Waals surface area contributed by atoms with Crippen LogP contribution in [0.25, 0.3) is 22.3 Å². The molecule has 5 N–H and O–H groups in total. The van der Waals surface area contributed by atoms with Crippen molar-refractivity contribution in [2.45, 2.75) is 38.8 Å². The molecule has 6 aromatic rings. The first-order valence-electron chi connectivity index (χ1n) is 16.8.